The minimum absolute atomic E-state index is 0.111. The molecule has 23 heavy (non-hydrogen) atoms. The van der Waals surface area contributed by atoms with Crippen LogP contribution in [0.2, 0.25) is 0 Å². The van der Waals surface area contributed by atoms with Crippen LogP contribution in [0.15, 0.2) is 48.6 Å². The van der Waals surface area contributed by atoms with Crippen LogP contribution >= 0.6 is 0 Å². The molecule has 0 bridgehead atoms. The lowest BCUT2D eigenvalue weighted by Gasteiger charge is -2.33. The van der Waals surface area contributed by atoms with Crippen LogP contribution in [0.4, 0.5) is 5.69 Å². The Labute approximate surface area is 138 Å². The smallest absolute Gasteiger partial charge is 0.267 e. The lowest BCUT2D eigenvalue weighted by Crippen LogP contribution is -2.45. The molecule has 0 spiro atoms. The fraction of sp³-hybridized carbons (Fsp3) is 0.350. The van der Waals surface area contributed by atoms with Crippen molar-refractivity contribution in [2.24, 2.45) is 0 Å². The van der Waals surface area contributed by atoms with Crippen LogP contribution in [0.1, 0.15) is 40.2 Å². The highest BCUT2D eigenvalue weighted by atomic mass is 16.2. The van der Waals surface area contributed by atoms with Crippen molar-refractivity contribution in [3.8, 4) is 0 Å². The first kappa shape index (κ1) is 15.6. The molecule has 2 aromatic carbocycles. The summed E-state index contributed by atoms with van der Waals surface area (Å²) in [4.78, 5) is 12.0. The van der Waals surface area contributed by atoms with Gasteiger partial charge in [0.05, 0.1) is 11.2 Å². The molecule has 0 aliphatic carbocycles. The summed E-state index contributed by atoms with van der Waals surface area (Å²) < 4.78 is 0. The maximum Gasteiger partial charge on any atom is 0.267 e. The first-order valence-electron chi connectivity index (χ1n) is 7.96. The van der Waals surface area contributed by atoms with Gasteiger partial charge in [-0.1, -0.05) is 57.7 Å². The summed E-state index contributed by atoms with van der Waals surface area (Å²) in [7, 11) is 0. The SMILES string of the molecule is C=C1C(=O)NN(c2cccc3cc(C(C)(C)C)ccc23)C1(C)C. The monoisotopic (exact) mass is 308 g/mol. The molecule has 1 amide bonds. The van der Waals surface area contributed by atoms with E-state index in [1.165, 1.54) is 10.9 Å². The van der Waals surface area contributed by atoms with Crippen molar-refractivity contribution >= 4 is 22.4 Å². The highest BCUT2D eigenvalue weighted by Gasteiger charge is 2.42. The van der Waals surface area contributed by atoms with Crippen molar-refractivity contribution in [1.29, 1.82) is 0 Å². The Kier molecular flexibility index (Phi) is 3.29. The molecule has 1 N–H and O–H groups in total. The molecule has 2 aromatic rings. The van der Waals surface area contributed by atoms with E-state index in [2.05, 4.69) is 57.0 Å². The van der Waals surface area contributed by atoms with E-state index in [-0.39, 0.29) is 11.3 Å². The topological polar surface area (TPSA) is 32.3 Å². The summed E-state index contributed by atoms with van der Waals surface area (Å²) in [5, 5.41) is 4.23. The largest absolute Gasteiger partial charge is 0.274 e. The van der Waals surface area contributed by atoms with Gasteiger partial charge >= 0.3 is 0 Å². The molecule has 0 saturated carbocycles. The highest BCUT2D eigenvalue weighted by molar-refractivity contribution is 6.03. The van der Waals surface area contributed by atoms with Gasteiger partial charge in [0.25, 0.3) is 5.91 Å². The molecule has 0 radical (unpaired) electrons. The molecule has 0 aromatic heterocycles. The number of nitrogens with one attached hydrogen (secondary N) is 1. The number of hydrogen-bond donors (Lipinski definition) is 1. The average molecular weight is 308 g/mol. The van der Waals surface area contributed by atoms with Gasteiger partial charge in [-0.2, -0.15) is 0 Å². The summed E-state index contributed by atoms with van der Waals surface area (Å²) in [6.07, 6.45) is 0. The number of benzene rings is 2. The molecule has 1 aliphatic heterocycles. The number of carbonyl (C=O) groups excluding carboxylic acids is 1. The van der Waals surface area contributed by atoms with Gasteiger partial charge in [0.15, 0.2) is 0 Å². The molecule has 0 unspecified atom stereocenters. The van der Waals surface area contributed by atoms with E-state index >= 15 is 0 Å². The first-order chi connectivity index (χ1) is 10.6. The van der Waals surface area contributed by atoms with Crippen molar-refractivity contribution in [3.63, 3.8) is 0 Å². The molecular formula is C20H24N2O. The van der Waals surface area contributed by atoms with E-state index in [1.54, 1.807) is 0 Å². The summed E-state index contributed by atoms with van der Waals surface area (Å²) in [6.45, 7) is 14.6. The van der Waals surface area contributed by atoms with E-state index in [1.807, 2.05) is 31.0 Å². The minimum Gasteiger partial charge on any atom is -0.274 e. The lowest BCUT2D eigenvalue weighted by atomic mass is 9.85. The normalized spacial score (nSPS) is 17.7. The Morgan fingerprint density at radius 3 is 2.39 bits per heavy atom. The Hall–Kier alpha value is -2.29. The van der Waals surface area contributed by atoms with E-state index in [0.29, 0.717) is 5.57 Å². The Morgan fingerprint density at radius 1 is 1.13 bits per heavy atom. The van der Waals surface area contributed by atoms with E-state index in [0.717, 1.165) is 11.1 Å². The van der Waals surface area contributed by atoms with Gasteiger partial charge in [0, 0.05) is 11.0 Å². The quantitative estimate of drug-likeness (QED) is 0.796. The number of carbonyl (C=O) groups is 1. The van der Waals surface area contributed by atoms with Crippen molar-refractivity contribution in [3.05, 3.63) is 54.1 Å². The summed E-state index contributed by atoms with van der Waals surface area (Å²) in [5.74, 6) is -0.113. The molecular weight excluding hydrogens is 284 g/mol. The van der Waals surface area contributed by atoms with Crippen LogP contribution in [0.3, 0.4) is 0 Å². The Morgan fingerprint density at radius 2 is 1.83 bits per heavy atom. The van der Waals surface area contributed by atoms with E-state index in [4.69, 9.17) is 0 Å². The maximum absolute atomic E-state index is 12.0. The average Bonchev–Trinajstić information content (AvgIpc) is 2.68. The summed E-state index contributed by atoms with van der Waals surface area (Å²) in [6, 6.07) is 12.7. The molecule has 120 valence electrons. The van der Waals surface area contributed by atoms with E-state index in [9.17, 15) is 4.79 Å². The van der Waals surface area contributed by atoms with Crippen LogP contribution in [-0.4, -0.2) is 11.4 Å². The van der Waals surface area contributed by atoms with Gasteiger partial charge in [0.2, 0.25) is 0 Å². The number of fused-ring (bicyclic) bond motifs is 1. The van der Waals surface area contributed by atoms with Crippen LogP contribution in [-0.2, 0) is 10.2 Å². The van der Waals surface area contributed by atoms with Crippen LogP contribution in [0.5, 0.6) is 0 Å². The lowest BCUT2D eigenvalue weighted by molar-refractivity contribution is -0.116. The molecule has 3 heteroatoms. The number of amides is 1. The third kappa shape index (κ3) is 2.40. The van der Waals surface area contributed by atoms with Crippen LogP contribution in [0, 0.1) is 0 Å². The third-order valence-electron chi connectivity index (χ3n) is 4.75. The van der Waals surface area contributed by atoms with Gasteiger partial charge in [-0.3, -0.25) is 15.2 Å². The molecule has 1 saturated heterocycles. The molecule has 1 fully saturated rings. The molecule has 3 rings (SSSR count). The van der Waals surface area contributed by atoms with Crippen LogP contribution < -0.4 is 10.4 Å². The molecule has 1 aliphatic rings. The zero-order valence-electron chi connectivity index (χ0n) is 14.5. The zero-order valence-corrected chi connectivity index (χ0v) is 14.5. The van der Waals surface area contributed by atoms with Gasteiger partial charge in [0.1, 0.15) is 0 Å². The Balaban J connectivity index is 2.17. The summed E-state index contributed by atoms with van der Waals surface area (Å²) in [5.41, 5.74) is 5.49. The molecule has 0 atom stereocenters. The second kappa shape index (κ2) is 4.85. The minimum atomic E-state index is -0.450. The van der Waals surface area contributed by atoms with E-state index < -0.39 is 5.54 Å². The molecule has 1 heterocycles. The fourth-order valence-corrected chi connectivity index (χ4v) is 3.01. The predicted molar refractivity (Wildman–Crippen MR) is 96.5 cm³/mol. The number of nitrogens with zero attached hydrogens (tertiary/aromatic N) is 1. The number of hydrazine groups is 1. The number of anilines is 1. The summed E-state index contributed by atoms with van der Waals surface area (Å²) >= 11 is 0. The third-order valence-corrected chi connectivity index (χ3v) is 4.75. The van der Waals surface area contributed by atoms with Gasteiger partial charge in [-0.25, -0.2) is 0 Å². The van der Waals surface area contributed by atoms with Gasteiger partial charge in [-0.05, 0) is 36.3 Å². The van der Waals surface area contributed by atoms with Gasteiger partial charge in [-0.15, -0.1) is 0 Å². The Bertz CT molecular complexity index is 812. The number of rotatable bonds is 1. The second-order valence-electron chi connectivity index (χ2n) is 7.78. The predicted octanol–water partition coefficient (Wildman–Crippen LogP) is 4.32. The van der Waals surface area contributed by atoms with Crippen molar-refractivity contribution in [2.75, 3.05) is 5.01 Å². The number of hydrogen-bond acceptors (Lipinski definition) is 2. The van der Waals surface area contributed by atoms with Crippen molar-refractivity contribution < 1.29 is 4.79 Å². The standard InChI is InChI=1S/C20H24N2O/c1-13-18(23)21-22(20(13,5)6)17-9-7-8-14-12-15(19(2,3)4)10-11-16(14)17/h7-12H,1H2,2-6H3,(H,21,23). The second-order valence-corrected chi connectivity index (χ2v) is 7.78. The zero-order chi connectivity index (χ0) is 17.0. The van der Waals surface area contributed by atoms with Crippen molar-refractivity contribution in [2.45, 2.75) is 45.6 Å². The first-order valence-corrected chi connectivity index (χ1v) is 7.96. The van der Waals surface area contributed by atoms with Crippen LogP contribution in [0.25, 0.3) is 10.8 Å². The van der Waals surface area contributed by atoms with Crippen molar-refractivity contribution in [1.82, 2.24) is 5.43 Å². The molecule has 3 nitrogen and oxygen atoms in total. The fourth-order valence-electron chi connectivity index (χ4n) is 3.01. The highest BCUT2D eigenvalue weighted by Crippen LogP contribution is 2.37. The van der Waals surface area contributed by atoms with Gasteiger partial charge < -0.3 is 0 Å². The maximum atomic E-state index is 12.0.